The molecule has 0 spiro atoms. The highest BCUT2D eigenvalue weighted by molar-refractivity contribution is 9.10. The van der Waals surface area contributed by atoms with Crippen molar-refractivity contribution in [2.75, 3.05) is 17.7 Å². The van der Waals surface area contributed by atoms with Gasteiger partial charge in [0.25, 0.3) is 11.8 Å². The fraction of sp³-hybridized carbons (Fsp3) is 0.0488. The molecule has 0 aliphatic heterocycles. The van der Waals surface area contributed by atoms with Crippen LogP contribution in [0.2, 0.25) is 0 Å². The second-order valence-corrected chi connectivity index (χ2v) is 13.3. The first-order valence-corrected chi connectivity index (χ1v) is 17.5. The van der Waals surface area contributed by atoms with E-state index in [0.29, 0.717) is 34.2 Å². The summed E-state index contributed by atoms with van der Waals surface area (Å²) in [4.78, 5) is 41.1. The molecule has 254 valence electrons. The van der Waals surface area contributed by atoms with Crippen LogP contribution in [0.25, 0.3) is 17.4 Å². The standard InChI is InChI=1S/C41H32BrN3O5S/c1-49-33-14-8-13-32(25-33)44-41(48)38(28-9-4-2-5-10-28)51-35-22-19-31(20-23-35)43-40(47)36(45-39(46)29-11-6-3-7-12-29)26-34-21-24-37(50-34)27-15-17-30(42)18-16-27/h2-26,38H,1H3,(H,43,47)(H,44,48)(H,45,46). The Morgan fingerprint density at radius 2 is 1.45 bits per heavy atom. The van der Waals surface area contributed by atoms with Crippen LogP contribution in [0, 0.1) is 0 Å². The van der Waals surface area contributed by atoms with Gasteiger partial charge in [0, 0.05) is 44.0 Å². The van der Waals surface area contributed by atoms with Crippen molar-refractivity contribution >= 4 is 62.9 Å². The quantitative estimate of drug-likeness (QED) is 0.0848. The van der Waals surface area contributed by atoms with Crippen LogP contribution in [0.5, 0.6) is 5.75 Å². The molecule has 51 heavy (non-hydrogen) atoms. The predicted molar refractivity (Wildman–Crippen MR) is 205 cm³/mol. The number of carbonyl (C=O) groups excluding carboxylic acids is 3. The molecule has 3 amide bonds. The number of anilines is 2. The second kappa shape index (κ2) is 16.7. The Bertz CT molecular complexity index is 2150. The van der Waals surface area contributed by atoms with E-state index in [1.54, 1.807) is 61.7 Å². The summed E-state index contributed by atoms with van der Waals surface area (Å²) < 4.78 is 12.3. The zero-order chi connectivity index (χ0) is 35.6. The number of halogens is 1. The molecule has 0 bridgehead atoms. The molecule has 0 fully saturated rings. The van der Waals surface area contributed by atoms with Crippen LogP contribution in [0.15, 0.2) is 165 Å². The maximum Gasteiger partial charge on any atom is 0.272 e. The molecule has 0 saturated carbocycles. The molecule has 0 saturated heterocycles. The highest BCUT2D eigenvalue weighted by Crippen LogP contribution is 2.37. The van der Waals surface area contributed by atoms with Crippen molar-refractivity contribution in [2.45, 2.75) is 10.1 Å². The average Bonchev–Trinajstić information content (AvgIpc) is 3.63. The van der Waals surface area contributed by atoms with E-state index < -0.39 is 17.1 Å². The number of nitrogens with one attached hydrogen (secondary N) is 3. The van der Waals surface area contributed by atoms with Gasteiger partial charge in [0.15, 0.2) is 0 Å². The summed E-state index contributed by atoms with van der Waals surface area (Å²) in [6, 6.07) is 43.7. The molecule has 0 aliphatic carbocycles. The van der Waals surface area contributed by atoms with E-state index in [1.807, 2.05) is 91.0 Å². The zero-order valence-electron chi connectivity index (χ0n) is 27.3. The molecule has 6 aromatic rings. The molecule has 1 atom stereocenters. The molecule has 0 radical (unpaired) electrons. The van der Waals surface area contributed by atoms with E-state index in [0.717, 1.165) is 20.5 Å². The van der Waals surface area contributed by atoms with E-state index in [-0.39, 0.29) is 11.6 Å². The third kappa shape index (κ3) is 9.45. The molecule has 1 aromatic heterocycles. The Kier molecular flexibility index (Phi) is 11.5. The van der Waals surface area contributed by atoms with Crippen molar-refractivity contribution in [3.05, 3.63) is 173 Å². The van der Waals surface area contributed by atoms with Crippen LogP contribution >= 0.6 is 27.7 Å². The first kappa shape index (κ1) is 35.0. The molecule has 3 N–H and O–H groups in total. The van der Waals surface area contributed by atoms with E-state index in [4.69, 9.17) is 9.15 Å². The van der Waals surface area contributed by atoms with Gasteiger partial charge in [-0.3, -0.25) is 14.4 Å². The number of rotatable bonds is 12. The van der Waals surface area contributed by atoms with E-state index >= 15 is 0 Å². The Balaban J connectivity index is 1.20. The Morgan fingerprint density at radius 1 is 0.745 bits per heavy atom. The van der Waals surface area contributed by atoms with Gasteiger partial charge in [0.05, 0.1) is 7.11 Å². The van der Waals surface area contributed by atoms with Crippen molar-refractivity contribution in [3.8, 4) is 17.1 Å². The van der Waals surface area contributed by atoms with Crippen LogP contribution in [0.1, 0.15) is 26.9 Å². The van der Waals surface area contributed by atoms with Gasteiger partial charge in [-0.2, -0.15) is 0 Å². The number of thioether (sulfide) groups is 1. The van der Waals surface area contributed by atoms with Crippen molar-refractivity contribution in [2.24, 2.45) is 0 Å². The maximum atomic E-state index is 13.6. The minimum atomic E-state index is -0.559. The molecular formula is C41H32BrN3O5S. The summed E-state index contributed by atoms with van der Waals surface area (Å²) in [5.41, 5.74) is 3.22. The van der Waals surface area contributed by atoms with E-state index in [1.165, 1.54) is 17.8 Å². The Morgan fingerprint density at radius 3 is 2.16 bits per heavy atom. The monoisotopic (exact) mass is 757 g/mol. The van der Waals surface area contributed by atoms with Gasteiger partial charge in [-0.05, 0) is 78.4 Å². The normalized spacial score (nSPS) is 11.7. The number of hydrogen-bond donors (Lipinski definition) is 3. The molecular weight excluding hydrogens is 726 g/mol. The lowest BCUT2D eigenvalue weighted by molar-refractivity contribution is -0.116. The highest BCUT2D eigenvalue weighted by Gasteiger charge is 2.23. The van der Waals surface area contributed by atoms with Gasteiger partial charge >= 0.3 is 0 Å². The number of ether oxygens (including phenoxy) is 1. The van der Waals surface area contributed by atoms with E-state index in [9.17, 15) is 14.4 Å². The summed E-state index contributed by atoms with van der Waals surface area (Å²) in [6.45, 7) is 0. The van der Waals surface area contributed by atoms with Crippen LogP contribution in [0.4, 0.5) is 11.4 Å². The van der Waals surface area contributed by atoms with Gasteiger partial charge in [0.1, 0.15) is 28.2 Å². The number of carbonyl (C=O) groups is 3. The lowest BCUT2D eigenvalue weighted by Crippen LogP contribution is -2.30. The Hall–Kier alpha value is -5.84. The van der Waals surface area contributed by atoms with Crippen LogP contribution < -0.4 is 20.7 Å². The number of furan rings is 1. The molecule has 0 aliphatic rings. The van der Waals surface area contributed by atoms with Crippen molar-refractivity contribution in [1.29, 1.82) is 0 Å². The summed E-state index contributed by atoms with van der Waals surface area (Å²) in [5.74, 6) is 0.464. The van der Waals surface area contributed by atoms with Gasteiger partial charge in [-0.1, -0.05) is 82.7 Å². The fourth-order valence-electron chi connectivity index (χ4n) is 5.05. The maximum absolute atomic E-state index is 13.6. The first-order chi connectivity index (χ1) is 24.8. The van der Waals surface area contributed by atoms with Crippen molar-refractivity contribution < 1.29 is 23.5 Å². The molecule has 5 aromatic carbocycles. The SMILES string of the molecule is COc1cccc(NC(=O)C(Sc2ccc(NC(=O)C(=Cc3ccc(-c4ccc(Br)cc4)o3)NC(=O)c3ccccc3)cc2)c2ccccc2)c1. The van der Waals surface area contributed by atoms with E-state index in [2.05, 4.69) is 31.9 Å². The molecule has 1 unspecified atom stereocenters. The first-order valence-electron chi connectivity index (χ1n) is 15.9. The lowest BCUT2D eigenvalue weighted by Gasteiger charge is -2.18. The van der Waals surface area contributed by atoms with Crippen LogP contribution in [-0.2, 0) is 9.59 Å². The van der Waals surface area contributed by atoms with Gasteiger partial charge in [-0.25, -0.2) is 0 Å². The summed E-state index contributed by atoms with van der Waals surface area (Å²) in [7, 11) is 1.58. The predicted octanol–water partition coefficient (Wildman–Crippen LogP) is 9.60. The zero-order valence-corrected chi connectivity index (χ0v) is 29.7. The van der Waals surface area contributed by atoms with Crippen LogP contribution in [0.3, 0.4) is 0 Å². The number of amides is 3. The highest BCUT2D eigenvalue weighted by atomic mass is 79.9. The second-order valence-electron chi connectivity index (χ2n) is 11.2. The smallest absolute Gasteiger partial charge is 0.272 e. The summed E-state index contributed by atoms with van der Waals surface area (Å²) in [5, 5.41) is 8.05. The molecule has 8 nitrogen and oxygen atoms in total. The average molecular weight is 759 g/mol. The fourth-order valence-corrected chi connectivity index (χ4v) is 6.33. The third-order valence-corrected chi connectivity index (χ3v) is 9.41. The number of methoxy groups -OCH3 is 1. The van der Waals surface area contributed by atoms with Crippen LogP contribution in [-0.4, -0.2) is 24.8 Å². The molecule has 1 heterocycles. The van der Waals surface area contributed by atoms with Gasteiger partial charge < -0.3 is 25.1 Å². The summed E-state index contributed by atoms with van der Waals surface area (Å²) in [6.07, 6.45) is 1.49. The lowest BCUT2D eigenvalue weighted by atomic mass is 10.1. The topological polar surface area (TPSA) is 110 Å². The van der Waals surface area contributed by atoms with Gasteiger partial charge in [0.2, 0.25) is 5.91 Å². The van der Waals surface area contributed by atoms with Crippen molar-refractivity contribution in [1.82, 2.24) is 5.32 Å². The number of benzene rings is 5. The minimum Gasteiger partial charge on any atom is -0.497 e. The largest absolute Gasteiger partial charge is 0.497 e. The minimum absolute atomic E-state index is 0.00244. The Labute approximate surface area is 308 Å². The third-order valence-electron chi connectivity index (χ3n) is 7.61. The molecule has 6 rings (SSSR count). The van der Waals surface area contributed by atoms with Crippen molar-refractivity contribution in [3.63, 3.8) is 0 Å². The summed E-state index contributed by atoms with van der Waals surface area (Å²) >= 11 is 4.82. The molecule has 10 heteroatoms. The van der Waals surface area contributed by atoms with Gasteiger partial charge in [-0.15, -0.1) is 11.8 Å². The number of hydrogen-bond acceptors (Lipinski definition) is 6.